The topological polar surface area (TPSA) is 12.0 Å². The molecule has 0 bridgehead atoms. The molecule has 0 saturated carbocycles. The summed E-state index contributed by atoms with van der Waals surface area (Å²) in [5.41, 5.74) is 5.70. The molecule has 0 atom stereocenters. The summed E-state index contributed by atoms with van der Waals surface area (Å²) < 4.78 is 0. The molecule has 0 unspecified atom stereocenters. The van der Waals surface area contributed by atoms with Crippen LogP contribution in [-0.2, 0) is 6.42 Å². The molecule has 0 amide bonds. The van der Waals surface area contributed by atoms with Gasteiger partial charge in [-0.1, -0.05) is 48.5 Å². The lowest BCUT2D eigenvalue weighted by Gasteiger charge is -2.29. The van der Waals surface area contributed by atoms with Crippen molar-refractivity contribution in [1.82, 2.24) is 5.32 Å². The van der Waals surface area contributed by atoms with Crippen molar-refractivity contribution in [3.8, 4) is 11.8 Å². The second kappa shape index (κ2) is 5.94. The van der Waals surface area contributed by atoms with Gasteiger partial charge in [-0.3, -0.25) is 0 Å². The molecular formula is C19H19N. The van der Waals surface area contributed by atoms with E-state index in [1.165, 1.54) is 22.3 Å². The molecule has 2 aromatic carbocycles. The van der Waals surface area contributed by atoms with Crippen LogP contribution in [0.2, 0.25) is 0 Å². The first-order valence-electron chi connectivity index (χ1n) is 7.18. The molecule has 1 aliphatic rings. The van der Waals surface area contributed by atoms with Crippen LogP contribution in [0.25, 0.3) is 0 Å². The lowest BCUT2D eigenvalue weighted by Crippen LogP contribution is -2.28. The van der Waals surface area contributed by atoms with Gasteiger partial charge < -0.3 is 5.32 Å². The molecule has 0 aliphatic heterocycles. The molecule has 0 radical (unpaired) electrons. The van der Waals surface area contributed by atoms with E-state index in [0.717, 1.165) is 19.4 Å². The van der Waals surface area contributed by atoms with E-state index in [1.807, 2.05) is 6.92 Å². The van der Waals surface area contributed by atoms with Gasteiger partial charge in [0, 0.05) is 13.0 Å². The van der Waals surface area contributed by atoms with E-state index in [0.29, 0.717) is 6.04 Å². The van der Waals surface area contributed by atoms with E-state index in [4.69, 9.17) is 0 Å². The van der Waals surface area contributed by atoms with Gasteiger partial charge in [0.2, 0.25) is 0 Å². The van der Waals surface area contributed by atoms with Gasteiger partial charge >= 0.3 is 0 Å². The first-order valence-corrected chi connectivity index (χ1v) is 7.18. The number of hydrogen-bond acceptors (Lipinski definition) is 1. The molecular weight excluding hydrogens is 242 g/mol. The van der Waals surface area contributed by atoms with Gasteiger partial charge in [0.05, 0.1) is 6.04 Å². The third-order valence-electron chi connectivity index (χ3n) is 3.89. The van der Waals surface area contributed by atoms with E-state index >= 15 is 0 Å². The molecule has 1 nitrogen and oxygen atoms in total. The molecule has 0 spiro atoms. The van der Waals surface area contributed by atoms with Gasteiger partial charge in [-0.2, -0.15) is 0 Å². The van der Waals surface area contributed by atoms with Crippen molar-refractivity contribution in [2.75, 3.05) is 6.54 Å². The average molecular weight is 261 g/mol. The van der Waals surface area contributed by atoms with Crippen molar-refractivity contribution in [3.63, 3.8) is 0 Å². The Morgan fingerprint density at radius 2 is 1.60 bits per heavy atom. The third-order valence-corrected chi connectivity index (χ3v) is 3.89. The van der Waals surface area contributed by atoms with Crippen LogP contribution in [0, 0.1) is 11.8 Å². The van der Waals surface area contributed by atoms with Crippen molar-refractivity contribution < 1.29 is 0 Å². The first-order chi connectivity index (χ1) is 9.90. The number of fused-ring (bicyclic) bond motifs is 2. The maximum Gasteiger partial charge on any atom is 0.0582 e. The van der Waals surface area contributed by atoms with Crippen LogP contribution >= 0.6 is 0 Å². The molecule has 0 aromatic heterocycles. The molecule has 2 aromatic rings. The monoisotopic (exact) mass is 261 g/mol. The Kier molecular flexibility index (Phi) is 3.85. The maximum absolute atomic E-state index is 3.67. The number of nitrogens with one attached hydrogen (secondary N) is 1. The number of rotatable bonds is 3. The lowest BCUT2D eigenvalue weighted by atomic mass is 9.82. The second-order valence-corrected chi connectivity index (χ2v) is 5.14. The van der Waals surface area contributed by atoms with Gasteiger partial charge in [0.1, 0.15) is 0 Å². The highest BCUT2D eigenvalue weighted by atomic mass is 14.9. The van der Waals surface area contributed by atoms with Gasteiger partial charge in [0.15, 0.2) is 0 Å². The largest absolute Gasteiger partial charge is 0.305 e. The summed E-state index contributed by atoms with van der Waals surface area (Å²) in [6.45, 7) is 2.82. The summed E-state index contributed by atoms with van der Waals surface area (Å²) in [4.78, 5) is 0. The van der Waals surface area contributed by atoms with Crippen LogP contribution in [0.5, 0.6) is 0 Å². The van der Waals surface area contributed by atoms with Gasteiger partial charge in [-0.25, -0.2) is 0 Å². The van der Waals surface area contributed by atoms with Gasteiger partial charge in [0.25, 0.3) is 0 Å². The van der Waals surface area contributed by atoms with Crippen LogP contribution in [-0.4, -0.2) is 6.54 Å². The minimum atomic E-state index is 0.301. The first kappa shape index (κ1) is 13.0. The zero-order chi connectivity index (χ0) is 13.8. The molecule has 0 saturated heterocycles. The van der Waals surface area contributed by atoms with E-state index in [-0.39, 0.29) is 0 Å². The highest BCUT2D eigenvalue weighted by molar-refractivity contribution is 5.48. The van der Waals surface area contributed by atoms with E-state index in [1.54, 1.807) is 0 Å². The van der Waals surface area contributed by atoms with Crippen molar-refractivity contribution in [1.29, 1.82) is 0 Å². The highest BCUT2D eigenvalue weighted by Crippen LogP contribution is 2.34. The van der Waals surface area contributed by atoms with Crippen molar-refractivity contribution >= 4 is 0 Å². The third kappa shape index (κ3) is 2.48. The number of hydrogen-bond donors (Lipinski definition) is 1. The quantitative estimate of drug-likeness (QED) is 0.656. The summed E-state index contributed by atoms with van der Waals surface area (Å²) in [5.74, 6) is 6.08. The van der Waals surface area contributed by atoms with Crippen LogP contribution in [0.1, 0.15) is 41.6 Å². The van der Waals surface area contributed by atoms with Crippen molar-refractivity contribution in [2.24, 2.45) is 0 Å². The fourth-order valence-electron chi connectivity index (χ4n) is 2.95. The zero-order valence-electron chi connectivity index (χ0n) is 11.8. The Morgan fingerprint density at radius 1 is 1.00 bits per heavy atom. The van der Waals surface area contributed by atoms with Crippen LogP contribution in [0.4, 0.5) is 0 Å². The Hall–Kier alpha value is -2.04. The summed E-state index contributed by atoms with van der Waals surface area (Å²) in [5, 5.41) is 3.67. The fourth-order valence-corrected chi connectivity index (χ4v) is 2.95. The molecule has 20 heavy (non-hydrogen) atoms. The molecule has 0 fully saturated rings. The Morgan fingerprint density at radius 3 is 2.20 bits per heavy atom. The minimum absolute atomic E-state index is 0.301. The summed E-state index contributed by atoms with van der Waals surface area (Å²) in [6.07, 6.45) is 1.94. The highest BCUT2D eigenvalue weighted by Gasteiger charge is 2.23. The summed E-state index contributed by atoms with van der Waals surface area (Å²) >= 11 is 0. The van der Waals surface area contributed by atoms with Crippen LogP contribution in [0.15, 0.2) is 48.5 Å². The molecule has 100 valence electrons. The second-order valence-electron chi connectivity index (χ2n) is 5.14. The summed E-state index contributed by atoms with van der Waals surface area (Å²) in [7, 11) is 0. The summed E-state index contributed by atoms with van der Waals surface area (Å²) in [6, 6.07) is 17.8. The SMILES string of the molecule is CC#CCCNC1c2ccccc2Cc2ccccc21. The fraction of sp³-hybridized carbons (Fsp3) is 0.263. The molecule has 3 rings (SSSR count). The maximum atomic E-state index is 3.67. The van der Waals surface area contributed by atoms with Crippen LogP contribution in [0.3, 0.4) is 0 Å². The normalized spacial score (nSPS) is 13.1. The van der Waals surface area contributed by atoms with Crippen LogP contribution < -0.4 is 5.32 Å². The molecule has 1 N–H and O–H groups in total. The van der Waals surface area contributed by atoms with Gasteiger partial charge in [-0.15, -0.1) is 11.8 Å². The minimum Gasteiger partial charge on any atom is -0.305 e. The smallest absolute Gasteiger partial charge is 0.0582 e. The predicted molar refractivity (Wildman–Crippen MR) is 83.6 cm³/mol. The predicted octanol–water partition coefficient (Wildman–Crippen LogP) is 3.68. The Labute approximate surface area is 121 Å². The Bertz CT molecular complexity index is 615. The van der Waals surface area contributed by atoms with E-state index in [9.17, 15) is 0 Å². The molecule has 1 heteroatoms. The van der Waals surface area contributed by atoms with Gasteiger partial charge in [-0.05, 0) is 35.6 Å². The van der Waals surface area contributed by atoms with E-state index < -0.39 is 0 Å². The zero-order valence-corrected chi connectivity index (χ0v) is 11.8. The molecule has 0 heterocycles. The average Bonchev–Trinajstić information content (AvgIpc) is 2.50. The standard InChI is InChI=1S/C19H19N/c1-2-3-8-13-20-19-17-11-6-4-9-15(17)14-16-10-5-7-12-18(16)19/h4-7,9-12,19-20H,8,13-14H2,1H3. The van der Waals surface area contributed by atoms with Crippen molar-refractivity contribution in [3.05, 3.63) is 70.8 Å². The lowest BCUT2D eigenvalue weighted by molar-refractivity contribution is 0.597. The Balaban J connectivity index is 1.92. The number of benzene rings is 2. The van der Waals surface area contributed by atoms with E-state index in [2.05, 4.69) is 65.7 Å². The van der Waals surface area contributed by atoms with Crippen molar-refractivity contribution in [2.45, 2.75) is 25.8 Å². The molecule has 1 aliphatic carbocycles.